The molecule has 3 fully saturated rings. The fourth-order valence-electron chi connectivity index (χ4n) is 8.43. The third-order valence-electron chi connectivity index (χ3n) is 10.4. The summed E-state index contributed by atoms with van der Waals surface area (Å²) in [6.07, 6.45) is 0.802. The van der Waals surface area contributed by atoms with E-state index in [4.69, 9.17) is 4.74 Å². The summed E-state index contributed by atoms with van der Waals surface area (Å²) in [6, 6.07) is 23.1. The summed E-state index contributed by atoms with van der Waals surface area (Å²) >= 11 is 2.83. The number of anilines is 2. The number of nitrogens with zero attached hydrogens (tertiary/aromatic N) is 2. The van der Waals surface area contributed by atoms with Crippen LogP contribution in [-0.4, -0.2) is 34.6 Å². The van der Waals surface area contributed by atoms with E-state index in [1.165, 1.54) is 16.2 Å². The minimum absolute atomic E-state index is 0.00459. The zero-order valence-electron chi connectivity index (χ0n) is 25.6. The van der Waals surface area contributed by atoms with Gasteiger partial charge in [0.15, 0.2) is 0 Å². The van der Waals surface area contributed by atoms with Crippen LogP contribution in [0, 0.1) is 43.4 Å². The van der Waals surface area contributed by atoms with Crippen molar-refractivity contribution in [3.8, 4) is 5.75 Å². The van der Waals surface area contributed by atoms with E-state index < -0.39 is 0 Å². The molecule has 1 N–H and O–H groups in total. The Morgan fingerprint density at radius 1 is 0.913 bits per heavy atom. The van der Waals surface area contributed by atoms with Crippen LogP contribution in [-0.2, 0) is 20.9 Å². The minimum atomic E-state index is -0.381. The topological polar surface area (TPSA) is 97.7 Å². The van der Waals surface area contributed by atoms with Crippen molar-refractivity contribution in [1.82, 2.24) is 4.57 Å². The average Bonchev–Trinajstić information content (AvgIpc) is 3.77. The Bertz CT molecular complexity index is 1950. The number of carbonyl (C=O) groups is 3. The third-order valence-corrected chi connectivity index (χ3v) is 13.2. The highest BCUT2D eigenvalue weighted by molar-refractivity contribution is 8.00. The Morgan fingerprint density at radius 2 is 1.61 bits per heavy atom. The zero-order valence-corrected chi connectivity index (χ0v) is 27.3. The summed E-state index contributed by atoms with van der Waals surface area (Å²) in [7, 11) is 1.63. The van der Waals surface area contributed by atoms with Crippen LogP contribution in [0.5, 0.6) is 5.75 Å². The van der Waals surface area contributed by atoms with E-state index in [2.05, 4.69) is 5.32 Å². The highest BCUT2D eigenvalue weighted by atomic mass is 32.2. The Labute approximate surface area is 274 Å². The number of carbonyl (C=O) groups excluding carboxylic acids is 3. The molecule has 4 aliphatic rings. The average molecular weight is 652 g/mol. The van der Waals surface area contributed by atoms with Gasteiger partial charge in [-0.2, -0.15) is 0 Å². The summed E-state index contributed by atoms with van der Waals surface area (Å²) in [5.74, 6) is -0.566. The van der Waals surface area contributed by atoms with Crippen molar-refractivity contribution in [2.75, 3.05) is 17.3 Å². The number of aromatic nitrogens is 1. The lowest BCUT2D eigenvalue weighted by atomic mass is 9.68. The minimum Gasteiger partial charge on any atom is -0.497 e. The van der Waals surface area contributed by atoms with Crippen LogP contribution in [0.1, 0.15) is 33.9 Å². The van der Waals surface area contributed by atoms with Crippen molar-refractivity contribution in [2.45, 2.75) is 43.0 Å². The van der Waals surface area contributed by atoms with Crippen LogP contribution in [0.15, 0.2) is 82.6 Å². The van der Waals surface area contributed by atoms with Crippen LogP contribution in [0.2, 0.25) is 0 Å². The molecule has 8 rings (SSSR count). The van der Waals surface area contributed by atoms with E-state index in [0.717, 1.165) is 44.5 Å². The van der Waals surface area contributed by atoms with Gasteiger partial charge in [-0.3, -0.25) is 28.6 Å². The number of hydrogen-bond acceptors (Lipinski definition) is 7. The van der Waals surface area contributed by atoms with Gasteiger partial charge in [0.25, 0.3) is 0 Å². The molecule has 4 aromatic rings. The first-order chi connectivity index (χ1) is 22.2. The fraction of sp³-hybridized carbons (Fsp3) is 0.333. The summed E-state index contributed by atoms with van der Waals surface area (Å²) in [5.41, 5.74) is 4.41. The lowest BCUT2D eigenvalue weighted by molar-refractivity contribution is -0.123. The summed E-state index contributed by atoms with van der Waals surface area (Å²) in [4.78, 5) is 57.1. The van der Waals surface area contributed by atoms with Gasteiger partial charge in [0.2, 0.25) is 17.7 Å². The zero-order chi connectivity index (χ0) is 31.9. The number of rotatable bonds is 6. The number of thiazole rings is 1. The maximum atomic E-state index is 14.1. The predicted octanol–water partition coefficient (Wildman–Crippen LogP) is 5.85. The summed E-state index contributed by atoms with van der Waals surface area (Å²) in [6.45, 7) is 3.82. The highest BCUT2D eigenvalue weighted by Gasteiger charge is 2.69. The standard InChI is InChI=1S/C36H33N3O5S2/c1-18-8-12-21(13-9-18)39-33(41)29-23-16-24(30(29)34(39)42)31-28(23)27(20-10-14-22(44-3)15-11-20)32-35(45-31)38(36(43)46-32)17-26(40)37-25-7-5-4-6-19(25)2/h4-15,23-24,27-31H,16-17H2,1-3H3,(H,37,40). The number of fused-ring (bicyclic) bond motifs is 9. The smallest absolute Gasteiger partial charge is 0.308 e. The van der Waals surface area contributed by atoms with Crippen molar-refractivity contribution in [3.63, 3.8) is 0 Å². The molecule has 2 bridgehead atoms. The molecule has 0 spiro atoms. The quantitative estimate of drug-likeness (QED) is 0.263. The van der Waals surface area contributed by atoms with E-state index in [9.17, 15) is 19.2 Å². The summed E-state index contributed by atoms with van der Waals surface area (Å²) < 4.78 is 7.05. The maximum absolute atomic E-state index is 14.1. The Kier molecular flexibility index (Phi) is 6.99. The van der Waals surface area contributed by atoms with E-state index in [0.29, 0.717) is 5.69 Å². The van der Waals surface area contributed by atoms with Gasteiger partial charge in [-0.25, -0.2) is 0 Å². The first kappa shape index (κ1) is 29.3. The molecule has 7 atom stereocenters. The van der Waals surface area contributed by atoms with Crippen LogP contribution in [0.3, 0.4) is 0 Å². The molecule has 2 saturated carbocycles. The van der Waals surface area contributed by atoms with E-state index in [1.807, 2.05) is 86.6 Å². The molecule has 3 aromatic carbocycles. The van der Waals surface area contributed by atoms with Crippen molar-refractivity contribution in [1.29, 1.82) is 0 Å². The molecule has 2 aliphatic heterocycles. The van der Waals surface area contributed by atoms with Gasteiger partial charge in [0, 0.05) is 21.7 Å². The highest BCUT2D eigenvalue weighted by Crippen LogP contribution is 2.69. The van der Waals surface area contributed by atoms with Crippen LogP contribution in [0.25, 0.3) is 0 Å². The van der Waals surface area contributed by atoms with Crippen LogP contribution < -0.4 is 19.8 Å². The first-order valence-corrected chi connectivity index (χ1v) is 17.3. The van der Waals surface area contributed by atoms with Gasteiger partial charge in [0.05, 0.1) is 29.7 Å². The Balaban J connectivity index is 1.18. The van der Waals surface area contributed by atoms with Gasteiger partial charge < -0.3 is 10.1 Å². The van der Waals surface area contributed by atoms with Crippen molar-refractivity contribution >= 4 is 52.2 Å². The number of benzene rings is 3. The maximum Gasteiger partial charge on any atom is 0.308 e. The second kappa shape index (κ2) is 11.0. The molecule has 1 saturated heterocycles. The van der Waals surface area contributed by atoms with Crippen molar-refractivity contribution in [2.24, 2.45) is 29.6 Å². The second-order valence-electron chi connectivity index (χ2n) is 12.9. The van der Waals surface area contributed by atoms with Crippen LogP contribution in [0.4, 0.5) is 11.4 Å². The van der Waals surface area contributed by atoms with E-state index >= 15 is 0 Å². The second-order valence-corrected chi connectivity index (χ2v) is 15.0. The number of nitrogens with one attached hydrogen (secondary N) is 1. The number of hydrogen-bond donors (Lipinski definition) is 1. The Morgan fingerprint density at radius 3 is 2.30 bits per heavy atom. The number of methoxy groups -OCH3 is 1. The van der Waals surface area contributed by atoms with Gasteiger partial charge in [-0.1, -0.05) is 59.4 Å². The third kappa shape index (κ3) is 4.41. The van der Waals surface area contributed by atoms with Gasteiger partial charge in [-0.15, -0.1) is 11.8 Å². The van der Waals surface area contributed by atoms with Gasteiger partial charge in [0.1, 0.15) is 12.3 Å². The van der Waals surface area contributed by atoms with Crippen LogP contribution >= 0.6 is 23.1 Å². The van der Waals surface area contributed by atoms with Gasteiger partial charge >= 0.3 is 4.87 Å². The number of para-hydroxylation sites is 1. The van der Waals surface area contributed by atoms with E-state index in [-0.39, 0.29) is 69.9 Å². The lowest BCUT2D eigenvalue weighted by Crippen LogP contribution is -2.43. The molecule has 234 valence electrons. The SMILES string of the molecule is COc1ccc(C2c3sc(=O)n(CC(=O)Nc4ccccc4C)c3SC3C4CC(C5C(=O)N(c6ccc(C)cc6)C(=O)C45)C23)cc1. The number of imide groups is 1. The molecule has 46 heavy (non-hydrogen) atoms. The van der Waals surface area contributed by atoms with Gasteiger partial charge in [-0.05, 0) is 79.5 Å². The molecule has 3 amide bonds. The Hall–Kier alpha value is -4.15. The predicted molar refractivity (Wildman–Crippen MR) is 179 cm³/mol. The molecular formula is C36H33N3O5S2. The van der Waals surface area contributed by atoms with Crippen molar-refractivity contribution < 1.29 is 19.1 Å². The fourth-order valence-corrected chi connectivity index (χ4v) is 11.6. The number of thioether (sulfide) groups is 1. The summed E-state index contributed by atoms with van der Waals surface area (Å²) in [5, 5.41) is 3.80. The molecule has 0 radical (unpaired) electrons. The molecule has 1 aromatic heterocycles. The van der Waals surface area contributed by atoms with Crippen molar-refractivity contribution in [3.05, 3.63) is 104 Å². The molecule has 2 aliphatic carbocycles. The monoisotopic (exact) mass is 651 g/mol. The molecule has 3 heterocycles. The normalized spacial score (nSPS) is 27.4. The molecule has 7 unspecified atom stereocenters. The number of amides is 3. The molecule has 10 heteroatoms. The number of ether oxygens (including phenoxy) is 1. The molecule has 8 nitrogen and oxygen atoms in total. The first-order valence-electron chi connectivity index (χ1n) is 15.6. The molecular weight excluding hydrogens is 619 g/mol. The number of aryl methyl sites for hydroxylation is 2. The lowest BCUT2D eigenvalue weighted by Gasteiger charge is -2.43. The van der Waals surface area contributed by atoms with E-state index in [1.54, 1.807) is 23.4 Å². The largest absolute Gasteiger partial charge is 0.497 e.